The molecule has 142 valence electrons. The summed E-state index contributed by atoms with van der Waals surface area (Å²) in [4.78, 5) is 22.7. The van der Waals surface area contributed by atoms with Crippen molar-refractivity contribution in [2.24, 2.45) is 0 Å². The first kappa shape index (κ1) is 18.6. The second-order valence-corrected chi connectivity index (χ2v) is 6.31. The maximum Gasteiger partial charge on any atom is 0.343 e. The van der Waals surface area contributed by atoms with Crippen molar-refractivity contribution < 1.29 is 23.5 Å². The number of carbonyl (C=O) groups excluding carboxylic acids is 1. The van der Waals surface area contributed by atoms with Crippen LogP contribution in [-0.2, 0) is 4.79 Å². The molecule has 7 nitrogen and oxygen atoms in total. The van der Waals surface area contributed by atoms with Gasteiger partial charge in [-0.15, -0.1) is 0 Å². The van der Waals surface area contributed by atoms with E-state index in [1.165, 1.54) is 13.8 Å². The van der Waals surface area contributed by atoms with Crippen LogP contribution in [0.2, 0.25) is 0 Å². The molecule has 2 heterocycles. The Morgan fingerprint density at radius 2 is 1.96 bits per heavy atom. The number of furan rings is 1. The van der Waals surface area contributed by atoms with E-state index in [1.54, 1.807) is 25.1 Å². The molecule has 2 N–H and O–H groups in total. The normalized spacial score (nSPS) is 10.9. The van der Waals surface area contributed by atoms with Gasteiger partial charge in [-0.3, -0.25) is 4.79 Å². The Hall–Kier alpha value is -3.22. The van der Waals surface area contributed by atoms with Crippen molar-refractivity contribution in [1.82, 2.24) is 5.32 Å². The van der Waals surface area contributed by atoms with Gasteiger partial charge in [0.1, 0.15) is 17.1 Å². The summed E-state index contributed by atoms with van der Waals surface area (Å²) in [7, 11) is 0. The van der Waals surface area contributed by atoms with Crippen molar-refractivity contribution in [1.29, 1.82) is 0 Å². The standard InChI is InChI=1S/C20H21NO6/c1-11-18(23)12(2)20(24)27-19(11)17-10-14-9-15(5-6-16(14)26-17)25-8-4-7-21-13(3)22/h5-6,9-10,23H,4,7-8H2,1-3H3,(H,21,22). The maximum atomic E-state index is 11.9. The lowest BCUT2D eigenvalue weighted by Gasteiger charge is -2.06. The predicted molar refractivity (Wildman–Crippen MR) is 100 cm³/mol. The Bertz CT molecular complexity index is 1050. The monoisotopic (exact) mass is 371 g/mol. The molecule has 0 fully saturated rings. The molecule has 0 saturated heterocycles. The van der Waals surface area contributed by atoms with E-state index in [9.17, 15) is 14.7 Å². The molecule has 0 aliphatic heterocycles. The van der Waals surface area contributed by atoms with Crippen molar-refractivity contribution in [2.75, 3.05) is 13.2 Å². The summed E-state index contributed by atoms with van der Waals surface area (Å²) in [5, 5.41) is 13.6. The molecule has 0 radical (unpaired) electrons. The Labute approximate surface area is 155 Å². The van der Waals surface area contributed by atoms with Gasteiger partial charge in [0.25, 0.3) is 0 Å². The maximum absolute atomic E-state index is 11.9. The highest BCUT2D eigenvalue weighted by Gasteiger charge is 2.18. The summed E-state index contributed by atoms with van der Waals surface area (Å²) in [6.07, 6.45) is 0.696. The molecule has 2 aromatic heterocycles. The fraction of sp³-hybridized carbons (Fsp3) is 0.300. The van der Waals surface area contributed by atoms with Crippen LogP contribution >= 0.6 is 0 Å². The van der Waals surface area contributed by atoms with Gasteiger partial charge in [0, 0.05) is 24.4 Å². The van der Waals surface area contributed by atoms with Gasteiger partial charge in [-0.05, 0) is 44.5 Å². The zero-order chi connectivity index (χ0) is 19.6. The minimum Gasteiger partial charge on any atom is -0.507 e. The van der Waals surface area contributed by atoms with Crippen molar-refractivity contribution in [3.63, 3.8) is 0 Å². The average Bonchev–Trinajstić information content (AvgIpc) is 3.05. The summed E-state index contributed by atoms with van der Waals surface area (Å²) in [6, 6.07) is 7.11. The van der Waals surface area contributed by atoms with Crippen LogP contribution in [0.3, 0.4) is 0 Å². The lowest BCUT2D eigenvalue weighted by atomic mass is 10.1. The number of ether oxygens (including phenoxy) is 1. The molecule has 0 spiro atoms. The summed E-state index contributed by atoms with van der Waals surface area (Å²) in [5.41, 5.74) is 0.623. The lowest BCUT2D eigenvalue weighted by molar-refractivity contribution is -0.118. The number of fused-ring (bicyclic) bond motifs is 1. The third-order valence-electron chi connectivity index (χ3n) is 4.23. The number of amides is 1. The van der Waals surface area contributed by atoms with Crippen LogP contribution in [0, 0.1) is 13.8 Å². The summed E-state index contributed by atoms with van der Waals surface area (Å²) in [6.45, 7) is 5.67. The number of aromatic hydroxyl groups is 1. The SMILES string of the molecule is CC(=O)NCCCOc1ccc2oc(-c3oc(=O)c(C)c(O)c3C)cc2c1. The van der Waals surface area contributed by atoms with Gasteiger partial charge in [0.05, 0.1) is 12.2 Å². The first-order valence-corrected chi connectivity index (χ1v) is 8.61. The first-order chi connectivity index (χ1) is 12.9. The molecule has 1 aromatic carbocycles. The van der Waals surface area contributed by atoms with Crippen molar-refractivity contribution in [2.45, 2.75) is 27.2 Å². The van der Waals surface area contributed by atoms with Crippen LogP contribution in [0.25, 0.3) is 22.5 Å². The molecule has 0 unspecified atom stereocenters. The fourth-order valence-corrected chi connectivity index (χ4v) is 2.72. The van der Waals surface area contributed by atoms with Crippen LogP contribution in [0.1, 0.15) is 24.5 Å². The number of rotatable bonds is 6. The molecular formula is C20H21NO6. The fourth-order valence-electron chi connectivity index (χ4n) is 2.72. The van der Waals surface area contributed by atoms with E-state index in [0.717, 1.165) is 5.39 Å². The molecule has 0 aliphatic rings. The van der Waals surface area contributed by atoms with Gasteiger partial charge in [-0.1, -0.05) is 0 Å². The molecule has 7 heteroatoms. The second-order valence-electron chi connectivity index (χ2n) is 6.31. The van der Waals surface area contributed by atoms with Crippen molar-refractivity contribution >= 4 is 16.9 Å². The van der Waals surface area contributed by atoms with E-state index in [-0.39, 0.29) is 23.0 Å². The molecule has 27 heavy (non-hydrogen) atoms. The highest BCUT2D eigenvalue weighted by Crippen LogP contribution is 2.34. The van der Waals surface area contributed by atoms with Gasteiger partial charge in [-0.2, -0.15) is 0 Å². The first-order valence-electron chi connectivity index (χ1n) is 8.61. The van der Waals surface area contributed by atoms with Gasteiger partial charge < -0.3 is 24.0 Å². The molecule has 0 bridgehead atoms. The summed E-state index contributed by atoms with van der Waals surface area (Å²) >= 11 is 0. The van der Waals surface area contributed by atoms with Crippen LogP contribution in [0.4, 0.5) is 0 Å². The van der Waals surface area contributed by atoms with Crippen LogP contribution in [0.5, 0.6) is 11.5 Å². The number of hydrogen-bond donors (Lipinski definition) is 2. The number of nitrogens with one attached hydrogen (secondary N) is 1. The number of benzene rings is 1. The molecule has 1 amide bonds. The molecule has 3 rings (SSSR count). The number of carbonyl (C=O) groups is 1. The van der Waals surface area contributed by atoms with Gasteiger partial charge in [0.15, 0.2) is 11.5 Å². The second kappa shape index (κ2) is 7.57. The Balaban J connectivity index is 1.81. The zero-order valence-electron chi connectivity index (χ0n) is 15.4. The average molecular weight is 371 g/mol. The summed E-state index contributed by atoms with van der Waals surface area (Å²) in [5.74, 6) is 1.08. The van der Waals surface area contributed by atoms with Gasteiger partial charge >= 0.3 is 5.63 Å². The molecule has 3 aromatic rings. The summed E-state index contributed by atoms with van der Waals surface area (Å²) < 4.78 is 16.7. The van der Waals surface area contributed by atoms with E-state index in [0.29, 0.717) is 42.2 Å². The van der Waals surface area contributed by atoms with E-state index >= 15 is 0 Å². The topological polar surface area (TPSA) is 102 Å². The molecule has 0 aliphatic carbocycles. The Morgan fingerprint density at radius 3 is 2.70 bits per heavy atom. The molecule has 0 atom stereocenters. The third-order valence-corrected chi connectivity index (χ3v) is 4.23. The van der Waals surface area contributed by atoms with E-state index < -0.39 is 5.63 Å². The van der Waals surface area contributed by atoms with Crippen LogP contribution in [-0.4, -0.2) is 24.2 Å². The minimum atomic E-state index is -0.600. The Kier molecular flexibility index (Phi) is 5.21. The van der Waals surface area contributed by atoms with E-state index in [1.807, 2.05) is 6.07 Å². The third kappa shape index (κ3) is 3.97. The van der Waals surface area contributed by atoms with Crippen molar-refractivity contribution in [3.05, 3.63) is 45.8 Å². The van der Waals surface area contributed by atoms with E-state index in [2.05, 4.69) is 5.32 Å². The largest absolute Gasteiger partial charge is 0.507 e. The molecular weight excluding hydrogens is 350 g/mol. The minimum absolute atomic E-state index is 0.0635. The van der Waals surface area contributed by atoms with Gasteiger partial charge in [0.2, 0.25) is 5.91 Å². The highest BCUT2D eigenvalue weighted by molar-refractivity contribution is 5.84. The highest BCUT2D eigenvalue weighted by atomic mass is 16.5. The van der Waals surface area contributed by atoms with Crippen molar-refractivity contribution in [3.8, 4) is 23.0 Å². The van der Waals surface area contributed by atoms with E-state index in [4.69, 9.17) is 13.6 Å². The van der Waals surface area contributed by atoms with Gasteiger partial charge in [-0.25, -0.2) is 4.79 Å². The van der Waals surface area contributed by atoms with Crippen LogP contribution < -0.4 is 15.7 Å². The zero-order valence-corrected chi connectivity index (χ0v) is 15.4. The quantitative estimate of drug-likeness (QED) is 0.645. The Morgan fingerprint density at radius 1 is 1.19 bits per heavy atom. The lowest BCUT2D eigenvalue weighted by Crippen LogP contribution is -2.22. The molecule has 0 saturated carbocycles. The smallest absolute Gasteiger partial charge is 0.343 e. The number of hydrogen-bond acceptors (Lipinski definition) is 6. The predicted octanol–water partition coefficient (Wildman–Crippen LogP) is 3.28. The van der Waals surface area contributed by atoms with Crippen LogP contribution in [0.15, 0.2) is 37.9 Å².